The minimum atomic E-state index is 0.0898. The van der Waals surface area contributed by atoms with Crippen molar-refractivity contribution in [2.45, 2.75) is 38.1 Å². The number of aryl methyl sites for hydroxylation is 1. The van der Waals surface area contributed by atoms with Gasteiger partial charge in [0.05, 0.1) is 13.7 Å². The minimum absolute atomic E-state index is 0.0898. The third-order valence-corrected chi connectivity index (χ3v) is 3.35. The molecule has 0 amide bonds. The number of para-hydroxylation sites is 1. The molecular formula is C14H21NO2. The predicted octanol–water partition coefficient (Wildman–Crippen LogP) is 2.52. The molecule has 3 heteroatoms. The van der Waals surface area contributed by atoms with Crippen molar-refractivity contribution < 1.29 is 9.47 Å². The molecule has 1 fully saturated rings. The van der Waals surface area contributed by atoms with E-state index in [4.69, 9.17) is 15.2 Å². The van der Waals surface area contributed by atoms with E-state index in [1.165, 1.54) is 5.56 Å². The van der Waals surface area contributed by atoms with E-state index in [1.807, 2.05) is 19.1 Å². The molecule has 0 spiro atoms. The SMILES string of the molecule is CCOc1c(CCC2(N)CC2)cccc1OC. The molecule has 1 aliphatic rings. The number of benzene rings is 1. The van der Waals surface area contributed by atoms with Crippen LogP contribution in [0.4, 0.5) is 0 Å². The molecule has 0 radical (unpaired) electrons. The van der Waals surface area contributed by atoms with Crippen molar-refractivity contribution in [2.24, 2.45) is 5.73 Å². The average Bonchev–Trinajstić information content (AvgIpc) is 3.07. The van der Waals surface area contributed by atoms with Crippen LogP contribution in [0.2, 0.25) is 0 Å². The van der Waals surface area contributed by atoms with Gasteiger partial charge < -0.3 is 15.2 Å². The Kier molecular flexibility index (Phi) is 3.57. The van der Waals surface area contributed by atoms with E-state index in [9.17, 15) is 0 Å². The number of ether oxygens (including phenoxy) is 2. The van der Waals surface area contributed by atoms with Crippen molar-refractivity contribution in [3.8, 4) is 11.5 Å². The Morgan fingerprint density at radius 1 is 1.35 bits per heavy atom. The monoisotopic (exact) mass is 235 g/mol. The largest absolute Gasteiger partial charge is 0.493 e. The lowest BCUT2D eigenvalue weighted by Crippen LogP contribution is -2.22. The first-order valence-electron chi connectivity index (χ1n) is 6.26. The van der Waals surface area contributed by atoms with Crippen LogP contribution in [0.15, 0.2) is 18.2 Å². The normalized spacial score (nSPS) is 16.6. The van der Waals surface area contributed by atoms with E-state index in [0.29, 0.717) is 6.61 Å². The van der Waals surface area contributed by atoms with Crippen molar-refractivity contribution in [2.75, 3.05) is 13.7 Å². The summed E-state index contributed by atoms with van der Waals surface area (Å²) in [6, 6.07) is 6.04. The number of nitrogens with two attached hydrogens (primary N) is 1. The molecule has 1 aromatic carbocycles. The smallest absolute Gasteiger partial charge is 0.164 e. The van der Waals surface area contributed by atoms with Gasteiger partial charge in [-0.2, -0.15) is 0 Å². The Morgan fingerprint density at radius 2 is 2.12 bits per heavy atom. The molecule has 3 nitrogen and oxygen atoms in total. The van der Waals surface area contributed by atoms with Gasteiger partial charge >= 0.3 is 0 Å². The fraction of sp³-hybridized carbons (Fsp3) is 0.571. The molecule has 2 N–H and O–H groups in total. The second-order valence-electron chi connectivity index (χ2n) is 4.74. The zero-order chi connectivity index (χ0) is 12.3. The summed E-state index contributed by atoms with van der Waals surface area (Å²) in [7, 11) is 1.67. The molecule has 0 heterocycles. The Morgan fingerprint density at radius 3 is 2.71 bits per heavy atom. The van der Waals surface area contributed by atoms with E-state index in [0.717, 1.165) is 37.2 Å². The quantitative estimate of drug-likeness (QED) is 0.824. The lowest BCUT2D eigenvalue weighted by atomic mass is 10.0. The molecule has 1 aliphatic carbocycles. The average molecular weight is 235 g/mol. The molecule has 0 aromatic heterocycles. The van der Waals surface area contributed by atoms with Crippen molar-refractivity contribution >= 4 is 0 Å². The lowest BCUT2D eigenvalue weighted by molar-refractivity contribution is 0.307. The molecule has 17 heavy (non-hydrogen) atoms. The third kappa shape index (κ3) is 2.91. The summed E-state index contributed by atoms with van der Waals surface area (Å²) in [5, 5.41) is 0. The Labute approximate surface area is 103 Å². The van der Waals surface area contributed by atoms with Gasteiger partial charge in [0.1, 0.15) is 0 Å². The number of hydrogen-bond donors (Lipinski definition) is 1. The van der Waals surface area contributed by atoms with Crippen LogP contribution in [-0.2, 0) is 6.42 Å². The lowest BCUT2D eigenvalue weighted by Gasteiger charge is -2.15. The van der Waals surface area contributed by atoms with Crippen LogP contribution in [0.5, 0.6) is 11.5 Å². The van der Waals surface area contributed by atoms with Gasteiger partial charge in [0.15, 0.2) is 11.5 Å². The molecule has 0 unspecified atom stereocenters. The molecule has 1 saturated carbocycles. The van der Waals surface area contributed by atoms with Crippen LogP contribution < -0.4 is 15.2 Å². The predicted molar refractivity (Wildman–Crippen MR) is 68.6 cm³/mol. The highest BCUT2D eigenvalue weighted by Gasteiger charge is 2.37. The van der Waals surface area contributed by atoms with Gasteiger partial charge in [-0.3, -0.25) is 0 Å². The van der Waals surface area contributed by atoms with Crippen molar-refractivity contribution in [1.29, 1.82) is 0 Å². The number of rotatable bonds is 6. The van der Waals surface area contributed by atoms with Gasteiger partial charge in [-0.1, -0.05) is 12.1 Å². The molecule has 2 rings (SSSR count). The molecule has 1 aromatic rings. The van der Waals surface area contributed by atoms with E-state index < -0.39 is 0 Å². The Bertz CT molecular complexity index is 386. The first-order chi connectivity index (χ1) is 8.18. The van der Waals surface area contributed by atoms with Crippen molar-refractivity contribution in [3.05, 3.63) is 23.8 Å². The number of hydrogen-bond acceptors (Lipinski definition) is 3. The Balaban J connectivity index is 2.13. The van der Waals surface area contributed by atoms with Crippen LogP contribution >= 0.6 is 0 Å². The summed E-state index contributed by atoms with van der Waals surface area (Å²) >= 11 is 0. The maximum atomic E-state index is 6.12. The summed E-state index contributed by atoms with van der Waals surface area (Å²) in [5.41, 5.74) is 7.40. The second-order valence-corrected chi connectivity index (χ2v) is 4.74. The molecule has 0 aliphatic heterocycles. The molecular weight excluding hydrogens is 214 g/mol. The zero-order valence-corrected chi connectivity index (χ0v) is 10.7. The fourth-order valence-electron chi connectivity index (χ4n) is 2.02. The minimum Gasteiger partial charge on any atom is -0.493 e. The third-order valence-electron chi connectivity index (χ3n) is 3.35. The summed E-state index contributed by atoms with van der Waals surface area (Å²) < 4.78 is 11.0. The summed E-state index contributed by atoms with van der Waals surface area (Å²) in [4.78, 5) is 0. The molecule has 0 atom stereocenters. The maximum absolute atomic E-state index is 6.12. The molecule has 94 valence electrons. The first-order valence-corrected chi connectivity index (χ1v) is 6.26. The van der Waals surface area contributed by atoms with Gasteiger partial charge in [-0.25, -0.2) is 0 Å². The van der Waals surface area contributed by atoms with Gasteiger partial charge in [0, 0.05) is 5.54 Å². The van der Waals surface area contributed by atoms with Crippen molar-refractivity contribution in [1.82, 2.24) is 0 Å². The Hall–Kier alpha value is -1.22. The van der Waals surface area contributed by atoms with Gasteiger partial charge in [0.25, 0.3) is 0 Å². The van der Waals surface area contributed by atoms with E-state index in [-0.39, 0.29) is 5.54 Å². The highest BCUT2D eigenvalue weighted by molar-refractivity contribution is 5.46. The van der Waals surface area contributed by atoms with E-state index >= 15 is 0 Å². The summed E-state index contributed by atoms with van der Waals surface area (Å²) in [5.74, 6) is 1.69. The van der Waals surface area contributed by atoms with E-state index in [1.54, 1.807) is 7.11 Å². The van der Waals surface area contributed by atoms with Gasteiger partial charge in [-0.05, 0) is 44.2 Å². The van der Waals surface area contributed by atoms with Crippen LogP contribution in [0.25, 0.3) is 0 Å². The molecule has 0 bridgehead atoms. The maximum Gasteiger partial charge on any atom is 0.164 e. The topological polar surface area (TPSA) is 44.5 Å². The van der Waals surface area contributed by atoms with Gasteiger partial charge in [-0.15, -0.1) is 0 Å². The highest BCUT2D eigenvalue weighted by atomic mass is 16.5. The summed E-state index contributed by atoms with van der Waals surface area (Å²) in [6.45, 7) is 2.64. The fourth-order valence-corrected chi connectivity index (χ4v) is 2.02. The van der Waals surface area contributed by atoms with Crippen molar-refractivity contribution in [3.63, 3.8) is 0 Å². The standard InChI is InChI=1S/C14H21NO2/c1-3-17-13-11(5-4-6-12(13)16-2)7-8-14(15)9-10-14/h4-6H,3,7-10,15H2,1-2H3. The first kappa shape index (κ1) is 12.2. The number of methoxy groups -OCH3 is 1. The second kappa shape index (κ2) is 4.96. The van der Waals surface area contributed by atoms with E-state index in [2.05, 4.69) is 6.07 Å². The van der Waals surface area contributed by atoms with Crippen LogP contribution in [-0.4, -0.2) is 19.3 Å². The van der Waals surface area contributed by atoms with Crippen LogP contribution in [0, 0.1) is 0 Å². The van der Waals surface area contributed by atoms with Crippen LogP contribution in [0.1, 0.15) is 31.7 Å². The van der Waals surface area contributed by atoms with Gasteiger partial charge in [0.2, 0.25) is 0 Å². The highest BCUT2D eigenvalue weighted by Crippen LogP contribution is 2.39. The summed E-state index contributed by atoms with van der Waals surface area (Å²) in [6.07, 6.45) is 4.30. The van der Waals surface area contributed by atoms with Crippen LogP contribution in [0.3, 0.4) is 0 Å². The molecule has 0 saturated heterocycles. The zero-order valence-electron chi connectivity index (χ0n) is 10.7.